The third kappa shape index (κ3) is 4.67. The lowest BCUT2D eigenvalue weighted by atomic mass is 10.4. The van der Waals surface area contributed by atoms with Gasteiger partial charge in [-0.25, -0.2) is 0 Å². The Morgan fingerprint density at radius 2 is 2.36 bits per heavy atom. The van der Waals surface area contributed by atoms with Crippen LogP contribution in [0.1, 0.15) is 19.0 Å². The molecule has 1 aromatic heterocycles. The lowest BCUT2D eigenvalue weighted by Gasteiger charge is -2.08. The van der Waals surface area contributed by atoms with Crippen molar-refractivity contribution in [3.8, 4) is 0 Å². The molecule has 0 aromatic carbocycles. The first-order valence-electron chi connectivity index (χ1n) is 4.50. The molecule has 1 heterocycles. The molecule has 1 nitrogen and oxygen atoms in total. The molecule has 0 amide bonds. The van der Waals surface area contributed by atoms with Crippen LogP contribution in [0.2, 0.25) is 0 Å². The van der Waals surface area contributed by atoms with Gasteiger partial charge in [0, 0.05) is 27.6 Å². The highest BCUT2D eigenvalue weighted by Gasteiger charge is 2.02. The summed E-state index contributed by atoms with van der Waals surface area (Å²) in [7, 11) is 0. The van der Waals surface area contributed by atoms with Gasteiger partial charge in [0.15, 0.2) is 0 Å². The van der Waals surface area contributed by atoms with Crippen LogP contribution in [-0.4, -0.2) is 16.1 Å². The maximum atomic E-state index is 5.66. The monoisotopic (exact) mass is 293 g/mol. The molecule has 0 bridgehead atoms. The maximum Gasteiger partial charge on any atom is 0.0503 e. The van der Waals surface area contributed by atoms with Crippen molar-refractivity contribution in [2.24, 2.45) is 0 Å². The first-order chi connectivity index (χ1) is 6.72. The van der Waals surface area contributed by atoms with Crippen LogP contribution in [0.5, 0.6) is 0 Å². The van der Waals surface area contributed by atoms with Crippen LogP contribution in [0.15, 0.2) is 22.8 Å². The molecule has 0 aliphatic rings. The Morgan fingerprint density at radius 1 is 1.57 bits per heavy atom. The summed E-state index contributed by atoms with van der Waals surface area (Å²) >= 11 is 10.9. The molecule has 0 fully saturated rings. The molecular formula is C10H13BrClNS. The number of hydrogen-bond donors (Lipinski definition) is 0. The van der Waals surface area contributed by atoms with E-state index in [2.05, 4.69) is 27.8 Å². The highest BCUT2D eigenvalue weighted by Crippen LogP contribution is 2.19. The normalized spacial score (nSPS) is 12.8. The molecule has 1 atom stereocenters. The van der Waals surface area contributed by atoms with Gasteiger partial charge in [0.05, 0.1) is 5.69 Å². The third-order valence-electron chi connectivity index (χ3n) is 1.82. The number of alkyl halides is 1. The second kappa shape index (κ2) is 6.70. The van der Waals surface area contributed by atoms with E-state index in [4.69, 9.17) is 11.6 Å². The highest BCUT2D eigenvalue weighted by atomic mass is 79.9. The van der Waals surface area contributed by atoms with Crippen molar-refractivity contribution < 1.29 is 0 Å². The van der Waals surface area contributed by atoms with E-state index in [0.29, 0.717) is 5.25 Å². The molecule has 0 aliphatic carbocycles. The van der Waals surface area contributed by atoms with Crippen molar-refractivity contribution in [3.05, 3.63) is 28.5 Å². The Kier molecular flexibility index (Phi) is 5.90. The molecule has 1 rings (SSSR count). The minimum absolute atomic E-state index is 0.609. The van der Waals surface area contributed by atoms with Gasteiger partial charge < -0.3 is 0 Å². The fourth-order valence-corrected chi connectivity index (χ4v) is 2.56. The largest absolute Gasteiger partial charge is 0.259 e. The molecule has 0 radical (unpaired) electrons. The predicted molar refractivity (Wildman–Crippen MR) is 68.0 cm³/mol. The number of halogens is 2. The van der Waals surface area contributed by atoms with Gasteiger partial charge in [-0.3, -0.25) is 4.98 Å². The van der Waals surface area contributed by atoms with Crippen LogP contribution in [0.4, 0.5) is 0 Å². The van der Waals surface area contributed by atoms with Gasteiger partial charge in [0.1, 0.15) is 0 Å². The quantitative estimate of drug-likeness (QED) is 0.759. The molecule has 4 heteroatoms. The summed E-state index contributed by atoms with van der Waals surface area (Å²) in [6.45, 7) is 2.20. The molecule has 0 aliphatic heterocycles. The standard InChI is InChI=1S/C10H13BrClNS/c1-8(4-5-12)14-7-10-3-2-9(11)6-13-10/h2-3,6,8H,4-5,7H2,1H3. The Labute approximate surface area is 103 Å². The zero-order valence-corrected chi connectivity index (χ0v) is 11.2. The summed E-state index contributed by atoms with van der Waals surface area (Å²) in [5, 5.41) is 0.609. The van der Waals surface area contributed by atoms with Gasteiger partial charge in [-0.2, -0.15) is 11.8 Å². The van der Waals surface area contributed by atoms with Crippen LogP contribution in [0, 0.1) is 0 Å². The fourth-order valence-electron chi connectivity index (χ4n) is 0.956. The molecular weight excluding hydrogens is 282 g/mol. The van der Waals surface area contributed by atoms with Gasteiger partial charge in [-0.05, 0) is 34.5 Å². The van der Waals surface area contributed by atoms with Gasteiger partial charge >= 0.3 is 0 Å². The topological polar surface area (TPSA) is 12.9 Å². The van der Waals surface area contributed by atoms with Gasteiger partial charge in [-0.15, -0.1) is 11.6 Å². The van der Waals surface area contributed by atoms with Gasteiger partial charge in [0.2, 0.25) is 0 Å². The van der Waals surface area contributed by atoms with Gasteiger partial charge in [0.25, 0.3) is 0 Å². The number of aromatic nitrogens is 1. The average Bonchev–Trinajstić information content (AvgIpc) is 2.17. The average molecular weight is 295 g/mol. The summed E-state index contributed by atoms with van der Waals surface area (Å²) in [6, 6.07) is 4.07. The molecule has 0 saturated heterocycles. The Morgan fingerprint density at radius 3 is 2.93 bits per heavy atom. The van der Waals surface area contributed by atoms with Crippen molar-refractivity contribution in [2.75, 3.05) is 5.88 Å². The fraction of sp³-hybridized carbons (Fsp3) is 0.500. The van der Waals surface area contributed by atoms with E-state index < -0.39 is 0 Å². The van der Waals surface area contributed by atoms with E-state index in [9.17, 15) is 0 Å². The molecule has 0 N–H and O–H groups in total. The van der Waals surface area contributed by atoms with E-state index in [1.807, 2.05) is 30.1 Å². The Balaban J connectivity index is 2.34. The second-order valence-corrected chi connectivity index (χ2v) is 5.79. The van der Waals surface area contributed by atoms with Gasteiger partial charge in [-0.1, -0.05) is 6.92 Å². The predicted octanol–water partition coefficient (Wildman–Crippen LogP) is 4.09. The van der Waals surface area contributed by atoms with E-state index in [0.717, 1.165) is 28.2 Å². The van der Waals surface area contributed by atoms with Crippen molar-refractivity contribution >= 4 is 39.3 Å². The molecule has 0 spiro atoms. The maximum absolute atomic E-state index is 5.66. The van der Waals surface area contributed by atoms with E-state index >= 15 is 0 Å². The smallest absolute Gasteiger partial charge is 0.0503 e. The minimum atomic E-state index is 0.609. The Hall–Kier alpha value is 0.270. The summed E-state index contributed by atoms with van der Waals surface area (Å²) in [5.41, 5.74) is 1.12. The minimum Gasteiger partial charge on any atom is -0.259 e. The zero-order chi connectivity index (χ0) is 10.4. The first-order valence-corrected chi connectivity index (χ1v) is 6.88. The lowest BCUT2D eigenvalue weighted by Crippen LogP contribution is -1.98. The number of rotatable bonds is 5. The summed E-state index contributed by atoms with van der Waals surface area (Å²) < 4.78 is 1.03. The molecule has 0 saturated carbocycles. The van der Waals surface area contributed by atoms with Crippen LogP contribution in [0.25, 0.3) is 0 Å². The van der Waals surface area contributed by atoms with E-state index in [1.54, 1.807) is 0 Å². The zero-order valence-electron chi connectivity index (χ0n) is 8.04. The van der Waals surface area contributed by atoms with E-state index in [1.165, 1.54) is 0 Å². The van der Waals surface area contributed by atoms with Crippen molar-refractivity contribution in [1.82, 2.24) is 4.98 Å². The van der Waals surface area contributed by atoms with Crippen LogP contribution in [0.3, 0.4) is 0 Å². The molecule has 1 aromatic rings. The molecule has 1 unspecified atom stereocenters. The molecule has 78 valence electrons. The lowest BCUT2D eigenvalue weighted by molar-refractivity contribution is 0.910. The van der Waals surface area contributed by atoms with Crippen LogP contribution >= 0.6 is 39.3 Å². The number of nitrogens with zero attached hydrogens (tertiary/aromatic N) is 1. The number of hydrogen-bond acceptors (Lipinski definition) is 2. The van der Waals surface area contributed by atoms with Crippen LogP contribution < -0.4 is 0 Å². The van der Waals surface area contributed by atoms with Crippen molar-refractivity contribution in [1.29, 1.82) is 0 Å². The second-order valence-electron chi connectivity index (χ2n) is 3.07. The number of thioether (sulfide) groups is 1. The van der Waals surface area contributed by atoms with Crippen molar-refractivity contribution in [3.63, 3.8) is 0 Å². The first kappa shape index (κ1) is 12.3. The third-order valence-corrected chi connectivity index (χ3v) is 3.77. The molecule has 14 heavy (non-hydrogen) atoms. The van der Waals surface area contributed by atoms with E-state index in [-0.39, 0.29) is 0 Å². The SMILES string of the molecule is CC(CCCl)SCc1ccc(Br)cn1. The summed E-state index contributed by atoms with van der Waals surface area (Å²) in [5.74, 6) is 1.70. The highest BCUT2D eigenvalue weighted by molar-refractivity contribution is 9.10. The Bertz CT molecular complexity index is 265. The van der Waals surface area contributed by atoms with Crippen molar-refractivity contribution in [2.45, 2.75) is 24.3 Å². The number of pyridine rings is 1. The van der Waals surface area contributed by atoms with Crippen LogP contribution in [-0.2, 0) is 5.75 Å². The summed E-state index contributed by atoms with van der Waals surface area (Å²) in [6.07, 6.45) is 2.89. The summed E-state index contributed by atoms with van der Waals surface area (Å²) in [4.78, 5) is 4.31.